The van der Waals surface area contributed by atoms with Crippen molar-refractivity contribution in [3.8, 4) is 17.0 Å². The number of benzene rings is 3. The van der Waals surface area contributed by atoms with Gasteiger partial charge >= 0.3 is 5.97 Å². The van der Waals surface area contributed by atoms with Crippen molar-refractivity contribution in [3.05, 3.63) is 104 Å². The minimum atomic E-state index is -0.934. The molecule has 5 nitrogen and oxygen atoms in total. The predicted octanol–water partition coefficient (Wildman–Crippen LogP) is 8.80. The number of halogens is 3. The third-order valence-electron chi connectivity index (χ3n) is 6.60. The zero-order valence-electron chi connectivity index (χ0n) is 20.0. The Hall–Kier alpha value is -2.99. The molecule has 0 unspecified atom stereocenters. The molecule has 4 aromatic rings. The second kappa shape index (κ2) is 10.8. The monoisotopic (exact) mass is 555 g/mol. The second-order valence-electron chi connectivity index (χ2n) is 9.32. The lowest BCUT2D eigenvalue weighted by atomic mass is 9.93. The summed E-state index contributed by atoms with van der Waals surface area (Å²) < 4.78 is 11.9. The van der Waals surface area contributed by atoms with Crippen molar-refractivity contribution in [1.29, 1.82) is 0 Å². The number of rotatable bonds is 9. The van der Waals surface area contributed by atoms with E-state index < -0.39 is 5.97 Å². The van der Waals surface area contributed by atoms with Crippen molar-refractivity contribution < 1.29 is 19.2 Å². The molecule has 5 rings (SSSR count). The lowest BCUT2D eigenvalue weighted by Crippen LogP contribution is -2.03. The SMILES string of the molecule is C[C@H](Cc1ccc(C(=O)O)cc1)c1ccc(OCc2c(-c3c(Cl)cccc3Cl)noc2C2CC2)cc1Cl. The van der Waals surface area contributed by atoms with Crippen LogP contribution in [0.3, 0.4) is 0 Å². The minimum absolute atomic E-state index is 0.130. The van der Waals surface area contributed by atoms with E-state index in [4.69, 9.17) is 49.2 Å². The molecule has 3 aromatic carbocycles. The lowest BCUT2D eigenvalue weighted by molar-refractivity contribution is 0.0697. The van der Waals surface area contributed by atoms with Crippen LogP contribution in [0.2, 0.25) is 15.1 Å². The average Bonchev–Trinajstić information content (AvgIpc) is 3.63. The van der Waals surface area contributed by atoms with Gasteiger partial charge in [0.2, 0.25) is 0 Å². The first-order valence-electron chi connectivity index (χ1n) is 12.0. The fourth-order valence-electron chi connectivity index (χ4n) is 4.45. The molecular formula is C29H24Cl3NO4. The van der Waals surface area contributed by atoms with Gasteiger partial charge in [0.15, 0.2) is 0 Å². The van der Waals surface area contributed by atoms with Gasteiger partial charge in [-0.15, -0.1) is 0 Å². The van der Waals surface area contributed by atoms with E-state index in [9.17, 15) is 4.79 Å². The first-order chi connectivity index (χ1) is 17.8. The zero-order chi connectivity index (χ0) is 26.1. The van der Waals surface area contributed by atoms with Gasteiger partial charge in [-0.3, -0.25) is 0 Å². The topological polar surface area (TPSA) is 72.6 Å². The molecule has 0 aliphatic heterocycles. The molecule has 0 bridgehead atoms. The van der Waals surface area contributed by atoms with Crippen molar-refractivity contribution in [2.45, 2.75) is 44.6 Å². The Kier molecular flexibility index (Phi) is 7.47. The van der Waals surface area contributed by atoms with E-state index in [1.54, 1.807) is 30.3 Å². The van der Waals surface area contributed by atoms with Crippen LogP contribution in [0.15, 0.2) is 65.2 Å². The normalized spacial score (nSPS) is 13.9. The van der Waals surface area contributed by atoms with Crippen molar-refractivity contribution in [3.63, 3.8) is 0 Å². The summed E-state index contributed by atoms with van der Waals surface area (Å²) in [5.74, 6) is 0.973. The molecule has 1 atom stereocenters. The first kappa shape index (κ1) is 25.7. The molecule has 8 heteroatoms. The third kappa shape index (κ3) is 5.64. The first-order valence-corrected chi connectivity index (χ1v) is 13.1. The molecular weight excluding hydrogens is 533 g/mol. The Labute approximate surface area is 229 Å². The summed E-state index contributed by atoms with van der Waals surface area (Å²) >= 11 is 19.6. The lowest BCUT2D eigenvalue weighted by Gasteiger charge is -2.16. The molecule has 0 spiro atoms. The quantitative estimate of drug-likeness (QED) is 0.223. The number of hydrogen-bond acceptors (Lipinski definition) is 4. The smallest absolute Gasteiger partial charge is 0.335 e. The van der Waals surface area contributed by atoms with Gasteiger partial charge in [-0.05, 0) is 72.7 Å². The van der Waals surface area contributed by atoms with E-state index in [-0.39, 0.29) is 18.1 Å². The van der Waals surface area contributed by atoms with Gasteiger partial charge in [-0.1, -0.05) is 71.1 Å². The molecule has 1 N–H and O–H groups in total. The van der Waals surface area contributed by atoms with Crippen LogP contribution in [0, 0.1) is 0 Å². The Morgan fingerprint density at radius 3 is 2.38 bits per heavy atom. The van der Waals surface area contributed by atoms with Gasteiger partial charge in [0.1, 0.15) is 23.8 Å². The van der Waals surface area contributed by atoms with Gasteiger partial charge in [0.05, 0.1) is 21.2 Å². The highest BCUT2D eigenvalue weighted by molar-refractivity contribution is 6.39. The summed E-state index contributed by atoms with van der Waals surface area (Å²) in [6.45, 7) is 2.33. The molecule has 1 saturated carbocycles. The molecule has 0 saturated heterocycles. The number of carboxylic acids is 1. The van der Waals surface area contributed by atoms with E-state index in [1.807, 2.05) is 30.3 Å². The number of nitrogens with zero attached hydrogens (tertiary/aromatic N) is 1. The van der Waals surface area contributed by atoms with Crippen LogP contribution in [-0.2, 0) is 13.0 Å². The van der Waals surface area contributed by atoms with Crippen LogP contribution in [0.1, 0.15) is 64.4 Å². The Morgan fingerprint density at radius 2 is 1.76 bits per heavy atom. The fourth-order valence-corrected chi connectivity index (χ4v) is 5.38. The molecule has 37 heavy (non-hydrogen) atoms. The Bertz CT molecular complexity index is 1420. The van der Waals surface area contributed by atoms with E-state index in [2.05, 4.69) is 12.1 Å². The number of hydrogen-bond donors (Lipinski definition) is 1. The highest BCUT2D eigenvalue weighted by Crippen LogP contribution is 2.46. The van der Waals surface area contributed by atoms with Gasteiger partial charge in [-0.25, -0.2) is 4.79 Å². The predicted molar refractivity (Wildman–Crippen MR) is 145 cm³/mol. The Balaban J connectivity index is 1.32. The van der Waals surface area contributed by atoms with Gasteiger partial charge in [0.25, 0.3) is 0 Å². The van der Waals surface area contributed by atoms with Crippen LogP contribution in [0.5, 0.6) is 5.75 Å². The zero-order valence-corrected chi connectivity index (χ0v) is 22.3. The van der Waals surface area contributed by atoms with Crippen molar-refractivity contribution >= 4 is 40.8 Å². The highest BCUT2D eigenvalue weighted by atomic mass is 35.5. The number of aromatic nitrogens is 1. The maximum Gasteiger partial charge on any atom is 0.335 e. The number of carboxylic acid groups (broad SMARTS) is 1. The largest absolute Gasteiger partial charge is 0.489 e. The minimum Gasteiger partial charge on any atom is -0.489 e. The maximum absolute atomic E-state index is 11.1. The molecule has 1 aliphatic rings. The Morgan fingerprint density at radius 1 is 1.05 bits per heavy atom. The van der Waals surface area contributed by atoms with E-state index in [0.717, 1.165) is 41.7 Å². The number of ether oxygens (including phenoxy) is 1. The van der Waals surface area contributed by atoms with Crippen LogP contribution in [-0.4, -0.2) is 16.2 Å². The van der Waals surface area contributed by atoms with Gasteiger partial charge in [0, 0.05) is 16.5 Å². The molecule has 190 valence electrons. The fraction of sp³-hybridized carbons (Fsp3) is 0.241. The standard InChI is InChI=1S/C29H24Cl3NO4/c1-16(13-17-5-7-19(8-6-17)29(34)35)21-12-11-20(14-25(21)32)36-15-22-27(33-37-28(22)18-9-10-18)26-23(30)3-2-4-24(26)31/h2-8,11-12,14,16,18H,9-10,13,15H2,1H3,(H,34,35)/t16-/m1/s1. The van der Waals surface area contributed by atoms with Crippen LogP contribution >= 0.6 is 34.8 Å². The van der Waals surface area contributed by atoms with E-state index in [0.29, 0.717) is 38.0 Å². The summed E-state index contributed by atoms with van der Waals surface area (Å²) in [6.07, 6.45) is 2.83. The molecule has 1 fully saturated rings. The average molecular weight is 557 g/mol. The van der Waals surface area contributed by atoms with Crippen molar-refractivity contribution in [2.75, 3.05) is 0 Å². The van der Waals surface area contributed by atoms with E-state index >= 15 is 0 Å². The maximum atomic E-state index is 11.1. The molecule has 1 heterocycles. The van der Waals surface area contributed by atoms with Gasteiger partial charge in [-0.2, -0.15) is 0 Å². The molecule has 0 radical (unpaired) electrons. The van der Waals surface area contributed by atoms with Crippen molar-refractivity contribution in [2.24, 2.45) is 0 Å². The van der Waals surface area contributed by atoms with Crippen molar-refractivity contribution in [1.82, 2.24) is 5.16 Å². The third-order valence-corrected chi connectivity index (χ3v) is 7.55. The molecule has 1 aliphatic carbocycles. The highest BCUT2D eigenvalue weighted by Gasteiger charge is 2.33. The van der Waals surface area contributed by atoms with Crippen LogP contribution in [0.4, 0.5) is 0 Å². The number of aromatic carboxylic acids is 1. The summed E-state index contributed by atoms with van der Waals surface area (Å²) in [6, 6.07) is 17.9. The second-order valence-corrected chi connectivity index (χ2v) is 10.5. The number of carbonyl (C=O) groups is 1. The van der Waals surface area contributed by atoms with E-state index in [1.165, 1.54) is 0 Å². The van der Waals surface area contributed by atoms with Crippen LogP contribution < -0.4 is 4.74 Å². The molecule has 1 aromatic heterocycles. The summed E-state index contributed by atoms with van der Waals surface area (Å²) in [7, 11) is 0. The summed E-state index contributed by atoms with van der Waals surface area (Å²) in [4.78, 5) is 11.1. The van der Waals surface area contributed by atoms with Gasteiger partial charge < -0.3 is 14.4 Å². The molecule has 0 amide bonds. The summed E-state index contributed by atoms with van der Waals surface area (Å²) in [5, 5.41) is 15.0. The van der Waals surface area contributed by atoms with Crippen LogP contribution in [0.25, 0.3) is 11.3 Å². The summed E-state index contributed by atoms with van der Waals surface area (Å²) in [5.41, 5.74) is 4.38.